The molecule has 140 valence electrons. The minimum absolute atomic E-state index is 0.167. The van der Waals surface area contributed by atoms with E-state index in [4.69, 9.17) is 5.10 Å². The molecule has 0 bridgehead atoms. The van der Waals surface area contributed by atoms with Crippen LogP contribution in [0.25, 0.3) is 16.9 Å². The second kappa shape index (κ2) is 7.78. The van der Waals surface area contributed by atoms with Crippen LogP contribution < -0.4 is 5.32 Å². The summed E-state index contributed by atoms with van der Waals surface area (Å²) in [6.45, 7) is 3.90. The number of aryl methyl sites for hydroxylation is 1. The molecule has 1 atom stereocenters. The standard InChI is InChI=1S/C22H20N4OS/c1-15(20-14-28-16(2)24-20)23-22(27)19-13-26(18-11-7-4-8-12-18)25-21(19)17-9-5-3-6-10-17/h3-15H,1-2H3,(H,23,27). The fraction of sp³-hybridized carbons (Fsp3) is 0.136. The third-order valence-corrected chi connectivity index (χ3v) is 5.25. The number of carbonyl (C=O) groups excluding carboxylic acids is 1. The van der Waals surface area contributed by atoms with E-state index in [0.717, 1.165) is 22.0 Å². The Morgan fingerprint density at radius 3 is 2.39 bits per heavy atom. The van der Waals surface area contributed by atoms with E-state index in [-0.39, 0.29) is 11.9 Å². The number of thiazole rings is 1. The molecule has 0 radical (unpaired) electrons. The number of amides is 1. The minimum atomic E-state index is -0.179. The van der Waals surface area contributed by atoms with Crippen molar-refractivity contribution in [2.45, 2.75) is 19.9 Å². The minimum Gasteiger partial charge on any atom is -0.344 e. The van der Waals surface area contributed by atoms with Gasteiger partial charge in [0, 0.05) is 17.1 Å². The zero-order valence-electron chi connectivity index (χ0n) is 15.7. The van der Waals surface area contributed by atoms with Crippen molar-refractivity contribution in [1.82, 2.24) is 20.1 Å². The molecule has 1 amide bonds. The molecular weight excluding hydrogens is 368 g/mol. The smallest absolute Gasteiger partial charge is 0.255 e. The van der Waals surface area contributed by atoms with Gasteiger partial charge in [0.25, 0.3) is 5.91 Å². The molecule has 0 saturated heterocycles. The van der Waals surface area contributed by atoms with Crippen molar-refractivity contribution in [2.75, 3.05) is 0 Å². The Morgan fingerprint density at radius 2 is 1.75 bits per heavy atom. The molecule has 28 heavy (non-hydrogen) atoms. The van der Waals surface area contributed by atoms with Crippen molar-refractivity contribution in [3.05, 3.63) is 88.5 Å². The van der Waals surface area contributed by atoms with E-state index < -0.39 is 0 Å². The summed E-state index contributed by atoms with van der Waals surface area (Å²) in [5.41, 5.74) is 3.87. The van der Waals surface area contributed by atoms with Gasteiger partial charge in [-0.25, -0.2) is 9.67 Å². The van der Waals surface area contributed by atoms with Gasteiger partial charge in [-0.1, -0.05) is 48.5 Å². The summed E-state index contributed by atoms with van der Waals surface area (Å²) in [4.78, 5) is 17.6. The van der Waals surface area contributed by atoms with Crippen LogP contribution in [0.1, 0.15) is 34.0 Å². The molecule has 5 nitrogen and oxygen atoms in total. The molecule has 4 rings (SSSR count). The first kappa shape index (κ1) is 18.1. The number of benzene rings is 2. The summed E-state index contributed by atoms with van der Waals surface area (Å²) in [5, 5.41) is 10.7. The Balaban J connectivity index is 1.70. The number of hydrogen-bond donors (Lipinski definition) is 1. The van der Waals surface area contributed by atoms with Gasteiger partial charge in [0.2, 0.25) is 0 Å². The highest BCUT2D eigenvalue weighted by molar-refractivity contribution is 7.09. The van der Waals surface area contributed by atoms with E-state index in [0.29, 0.717) is 11.3 Å². The molecule has 2 aromatic carbocycles. The van der Waals surface area contributed by atoms with E-state index in [1.165, 1.54) is 0 Å². The third kappa shape index (κ3) is 3.73. The topological polar surface area (TPSA) is 59.8 Å². The maximum atomic E-state index is 13.1. The van der Waals surface area contributed by atoms with Crippen LogP contribution in [-0.2, 0) is 0 Å². The van der Waals surface area contributed by atoms with Crippen LogP contribution in [0.2, 0.25) is 0 Å². The zero-order chi connectivity index (χ0) is 19.5. The van der Waals surface area contributed by atoms with Crippen molar-refractivity contribution in [1.29, 1.82) is 0 Å². The lowest BCUT2D eigenvalue weighted by Crippen LogP contribution is -2.27. The number of carbonyl (C=O) groups is 1. The molecule has 0 saturated carbocycles. The van der Waals surface area contributed by atoms with Gasteiger partial charge in [0.1, 0.15) is 5.69 Å². The number of aromatic nitrogens is 3. The van der Waals surface area contributed by atoms with Crippen molar-refractivity contribution in [3.8, 4) is 16.9 Å². The van der Waals surface area contributed by atoms with Gasteiger partial charge in [-0.05, 0) is 26.0 Å². The molecule has 2 aromatic heterocycles. The predicted molar refractivity (Wildman–Crippen MR) is 112 cm³/mol. The lowest BCUT2D eigenvalue weighted by Gasteiger charge is -2.11. The Morgan fingerprint density at radius 1 is 1.07 bits per heavy atom. The van der Waals surface area contributed by atoms with Crippen LogP contribution in [0.3, 0.4) is 0 Å². The van der Waals surface area contributed by atoms with Gasteiger partial charge in [0.05, 0.1) is 28.0 Å². The molecular formula is C22H20N4OS. The number of nitrogens with one attached hydrogen (secondary N) is 1. The van der Waals surface area contributed by atoms with Crippen molar-refractivity contribution in [2.24, 2.45) is 0 Å². The fourth-order valence-electron chi connectivity index (χ4n) is 2.99. The van der Waals surface area contributed by atoms with Crippen LogP contribution in [0, 0.1) is 6.92 Å². The summed E-state index contributed by atoms with van der Waals surface area (Å²) in [6.07, 6.45) is 1.78. The molecule has 0 fully saturated rings. The van der Waals surface area contributed by atoms with Gasteiger partial charge in [-0.2, -0.15) is 5.10 Å². The molecule has 1 N–H and O–H groups in total. The first-order valence-electron chi connectivity index (χ1n) is 9.05. The fourth-order valence-corrected chi connectivity index (χ4v) is 3.70. The van der Waals surface area contributed by atoms with Crippen LogP contribution >= 0.6 is 11.3 Å². The summed E-state index contributed by atoms with van der Waals surface area (Å²) >= 11 is 1.58. The maximum absolute atomic E-state index is 13.1. The SMILES string of the molecule is Cc1nc(C(C)NC(=O)c2cn(-c3ccccc3)nc2-c2ccccc2)cs1. The molecule has 1 unspecified atom stereocenters. The average Bonchev–Trinajstić information content (AvgIpc) is 3.36. The average molecular weight is 388 g/mol. The van der Waals surface area contributed by atoms with E-state index in [1.54, 1.807) is 22.2 Å². The highest BCUT2D eigenvalue weighted by Gasteiger charge is 2.21. The van der Waals surface area contributed by atoms with Gasteiger partial charge in [-0.15, -0.1) is 11.3 Å². The van der Waals surface area contributed by atoms with Crippen molar-refractivity contribution < 1.29 is 4.79 Å². The highest BCUT2D eigenvalue weighted by atomic mass is 32.1. The Labute approximate surface area is 167 Å². The summed E-state index contributed by atoms with van der Waals surface area (Å²) in [6, 6.07) is 19.4. The van der Waals surface area contributed by atoms with Crippen LogP contribution in [0.5, 0.6) is 0 Å². The lowest BCUT2D eigenvalue weighted by molar-refractivity contribution is 0.0940. The summed E-state index contributed by atoms with van der Waals surface area (Å²) in [7, 11) is 0. The number of hydrogen-bond acceptors (Lipinski definition) is 4. The normalized spacial score (nSPS) is 11.9. The third-order valence-electron chi connectivity index (χ3n) is 4.45. The largest absolute Gasteiger partial charge is 0.344 e. The van der Waals surface area contributed by atoms with Gasteiger partial charge >= 0.3 is 0 Å². The van der Waals surface area contributed by atoms with Gasteiger partial charge in [-0.3, -0.25) is 4.79 Å². The second-order valence-electron chi connectivity index (χ2n) is 6.52. The Hall–Kier alpha value is -3.25. The summed E-state index contributed by atoms with van der Waals surface area (Å²) < 4.78 is 1.74. The predicted octanol–water partition coefficient (Wildman–Crippen LogP) is 4.80. The number of nitrogens with zero attached hydrogens (tertiary/aromatic N) is 3. The first-order valence-corrected chi connectivity index (χ1v) is 9.93. The molecule has 0 aliphatic carbocycles. The van der Waals surface area contributed by atoms with Crippen molar-refractivity contribution in [3.63, 3.8) is 0 Å². The lowest BCUT2D eigenvalue weighted by atomic mass is 10.1. The number of para-hydroxylation sites is 1. The van der Waals surface area contributed by atoms with Crippen LogP contribution in [0.15, 0.2) is 72.2 Å². The number of rotatable bonds is 5. The molecule has 0 aliphatic heterocycles. The Kier molecular flexibility index (Phi) is 5.04. The van der Waals surface area contributed by atoms with Crippen LogP contribution in [0.4, 0.5) is 0 Å². The van der Waals surface area contributed by atoms with Crippen LogP contribution in [-0.4, -0.2) is 20.7 Å². The monoisotopic (exact) mass is 388 g/mol. The van der Waals surface area contributed by atoms with Crippen molar-refractivity contribution >= 4 is 17.2 Å². The quantitative estimate of drug-likeness (QED) is 0.534. The van der Waals surface area contributed by atoms with E-state index in [9.17, 15) is 4.79 Å². The summed E-state index contributed by atoms with van der Waals surface area (Å²) in [5.74, 6) is -0.167. The van der Waals surface area contributed by atoms with Gasteiger partial charge < -0.3 is 5.32 Å². The van der Waals surface area contributed by atoms with Gasteiger partial charge in [0.15, 0.2) is 0 Å². The molecule has 0 aliphatic rings. The van der Waals surface area contributed by atoms with E-state index in [2.05, 4.69) is 10.3 Å². The Bertz CT molecular complexity index is 1090. The maximum Gasteiger partial charge on any atom is 0.255 e. The first-order chi connectivity index (χ1) is 13.6. The molecule has 2 heterocycles. The van der Waals surface area contributed by atoms with E-state index >= 15 is 0 Å². The zero-order valence-corrected chi connectivity index (χ0v) is 16.5. The van der Waals surface area contributed by atoms with E-state index in [1.807, 2.05) is 79.9 Å². The second-order valence-corrected chi connectivity index (χ2v) is 7.59. The molecule has 0 spiro atoms. The highest BCUT2D eigenvalue weighted by Crippen LogP contribution is 2.25. The molecule has 4 aromatic rings. The molecule has 6 heteroatoms.